The number of benzene rings is 2. The summed E-state index contributed by atoms with van der Waals surface area (Å²) in [6, 6.07) is 14.4. The Morgan fingerprint density at radius 3 is 2.43 bits per heavy atom. The minimum Gasteiger partial charge on any atom is -0.497 e. The smallest absolute Gasteiger partial charge is 0.253 e. The summed E-state index contributed by atoms with van der Waals surface area (Å²) >= 11 is 1.42. The average molecular weight is 330 g/mol. The first-order valence-electron chi connectivity index (χ1n) is 7.02. The van der Waals surface area contributed by atoms with E-state index in [1.54, 1.807) is 38.4 Å². The van der Waals surface area contributed by atoms with Crippen LogP contribution in [0.5, 0.6) is 5.75 Å². The number of ether oxygens (including phenoxy) is 1. The van der Waals surface area contributed by atoms with E-state index in [1.165, 1.54) is 11.8 Å². The van der Waals surface area contributed by atoms with Gasteiger partial charge >= 0.3 is 0 Å². The van der Waals surface area contributed by atoms with Crippen molar-refractivity contribution in [3.8, 4) is 5.75 Å². The van der Waals surface area contributed by atoms with Crippen molar-refractivity contribution in [3.05, 3.63) is 54.1 Å². The van der Waals surface area contributed by atoms with Crippen molar-refractivity contribution in [2.24, 2.45) is 0 Å². The first-order chi connectivity index (χ1) is 11.1. The SMILES string of the molecule is CNC(=O)c1ccccc1NC(=O)CSc1ccc(OC)cc1. The molecule has 2 amide bonds. The number of hydrogen-bond donors (Lipinski definition) is 2. The van der Waals surface area contributed by atoms with E-state index >= 15 is 0 Å². The zero-order valence-corrected chi connectivity index (χ0v) is 13.8. The molecule has 0 fully saturated rings. The number of rotatable bonds is 6. The molecular formula is C17H18N2O3S. The van der Waals surface area contributed by atoms with Gasteiger partial charge < -0.3 is 15.4 Å². The van der Waals surface area contributed by atoms with Gasteiger partial charge in [0.25, 0.3) is 5.91 Å². The largest absolute Gasteiger partial charge is 0.497 e. The summed E-state index contributed by atoms with van der Waals surface area (Å²) in [5.74, 6) is 0.637. The number of carbonyl (C=O) groups is 2. The number of methoxy groups -OCH3 is 1. The van der Waals surface area contributed by atoms with E-state index in [0.717, 1.165) is 10.6 Å². The maximum Gasteiger partial charge on any atom is 0.253 e. The molecule has 0 bridgehead atoms. The lowest BCUT2D eigenvalue weighted by Gasteiger charge is -2.10. The van der Waals surface area contributed by atoms with E-state index in [-0.39, 0.29) is 17.6 Å². The van der Waals surface area contributed by atoms with Gasteiger partial charge in [-0.1, -0.05) is 12.1 Å². The molecule has 0 aromatic heterocycles. The predicted molar refractivity (Wildman–Crippen MR) is 92.2 cm³/mol. The van der Waals surface area contributed by atoms with Crippen LogP contribution in [0.1, 0.15) is 10.4 Å². The highest BCUT2D eigenvalue weighted by Crippen LogP contribution is 2.22. The van der Waals surface area contributed by atoms with Gasteiger partial charge in [-0.2, -0.15) is 0 Å². The van der Waals surface area contributed by atoms with Crippen molar-refractivity contribution < 1.29 is 14.3 Å². The Labute approximate surface area is 139 Å². The van der Waals surface area contributed by atoms with Gasteiger partial charge in [0.05, 0.1) is 24.1 Å². The first kappa shape index (κ1) is 16.9. The Hall–Kier alpha value is -2.47. The summed E-state index contributed by atoms with van der Waals surface area (Å²) in [5, 5.41) is 5.33. The highest BCUT2D eigenvalue weighted by atomic mass is 32.2. The molecule has 2 aromatic carbocycles. The van der Waals surface area contributed by atoms with E-state index in [0.29, 0.717) is 11.3 Å². The molecule has 0 unspecified atom stereocenters. The summed E-state index contributed by atoms with van der Waals surface area (Å²) in [7, 11) is 3.17. The zero-order chi connectivity index (χ0) is 16.7. The van der Waals surface area contributed by atoms with Gasteiger partial charge in [0.15, 0.2) is 0 Å². The van der Waals surface area contributed by atoms with Crippen molar-refractivity contribution >= 4 is 29.3 Å². The third kappa shape index (κ3) is 4.75. The van der Waals surface area contributed by atoms with Crippen LogP contribution < -0.4 is 15.4 Å². The Balaban J connectivity index is 1.95. The fourth-order valence-electron chi connectivity index (χ4n) is 1.93. The van der Waals surface area contributed by atoms with E-state index in [2.05, 4.69) is 10.6 Å². The molecule has 0 aliphatic carbocycles. The van der Waals surface area contributed by atoms with Crippen molar-refractivity contribution in [3.63, 3.8) is 0 Å². The number of anilines is 1. The van der Waals surface area contributed by atoms with Gasteiger partial charge in [0.2, 0.25) is 5.91 Å². The minimum atomic E-state index is -0.233. The van der Waals surface area contributed by atoms with Crippen molar-refractivity contribution in [2.45, 2.75) is 4.90 Å². The summed E-state index contributed by atoms with van der Waals surface area (Å²) in [6.07, 6.45) is 0. The van der Waals surface area contributed by atoms with Crippen molar-refractivity contribution in [1.82, 2.24) is 5.32 Å². The van der Waals surface area contributed by atoms with E-state index in [9.17, 15) is 9.59 Å². The second kappa shape index (κ2) is 8.24. The first-order valence-corrected chi connectivity index (χ1v) is 8.00. The van der Waals surface area contributed by atoms with Gasteiger partial charge in [0.1, 0.15) is 5.75 Å². The van der Waals surface area contributed by atoms with Crippen LogP contribution >= 0.6 is 11.8 Å². The van der Waals surface area contributed by atoms with Crippen LogP contribution in [0.3, 0.4) is 0 Å². The lowest BCUT2D eigenvalue weighted by atomic mass is 10.1. The molecule has 23 heavy (non-hydrogen) atoms. The molecule has 2 N–H and O–H groups in total. The molecule has 2 rings (SSSR count). The van der Waals surface area contributed by atoms with Gasteiger partial charge in [-0.05, 0) is 36.4 Å². The minimum absolute atomic E-state index is 0.165. The molecule has 0 radical (unpaired) electrons. The zero-order valence-electron chi connectivity index (χ0n) is 13.0. The van der Waals surface area contributed by atoms with E-state index in [4.69, 9.17) is 4.74 Å². The number of amides is 2. The molecule has 0 heterocycles. The Morgan fingerprint density at radius 1 is 1.09 bits per heavy atom. The van der Waals surface area contributed by atoms with Gasteiger partial charge in [-0.3, -0.25) is 9.59 Å². The lowest BCUT2D eigenvalue weighted by molar-refractivity contribution is -0.113. The number of para-hydroxylation sites is 1. The van der Waals surface area contributed by atoms with Crippen LogP contribution in [0, 0.1) is 0 Å². The molecule has 0 aliphatic rings. The summed E-state index contributed by atoms with van der Waals surface area (Å²) < 4.78 is 5.09. The second-order valence-electron chi connectivity index (χ2n) is 4.64. The molecule has 120 valence electrons. The summed E-state index contributed by atoms with van der Waals surface area (Å²) in [4.78, 5) is 24.8. The molecule has 0 saturated carbocycles. The van der Waals surface area contributed by atoms with Crippen molar-refractivity contribution in [1.29, 1.82) is 0 Å². The lowest BCUT2D eigenvalue weighted by Crippen LogP contribution is -2.22. The Bertz CT molecular complexity index is 686. The number of thioether (sulfide) groups is 1. The molecule has 0 aliphatic heterocycles. The maximum atomic E-state index is 12.1. The monoisotopic (exact) mass is 330 g/mol. The topological polar surface area (TPSA) is 67.4 Å². The predicted octanol–water partition coefficient (Wildman–Crippen LogP) is 2.79. The van der Waals surface area contributed by atoms with Crippen LogP contribution in [0.4, 0.5) is 5.69 Å². The Kier molecular flexibility index (Phi) is 6.05. The highest BCUT2D eigenvalue weighted by Gasteiger charge is 2.11. The normalized spacial score (nSPS) is 10.0. The third-order valence-corrected chi connectivity index (χ3v) is 4.11. The highest BCUT2D eigenvalue weighted by molar-refractivity contribution is 8.00. The van der Waals surface area contributed by atoms with Crippen LogP contribution in [-0.4, -0.2) is 31.7 Å². The molecule has 0 saturated heterocycles. The van der Waals surface area contributed by atoms with E-state index in [1.807, 2.05) is 24.3 Å². The molecular weight excluding hydrogens is 312 g/mol. The molecule has 5 nitrogen and oxygen atoms in total. The standard InChI is InChI=1S/C17H18N2O3S/c1-18-17(21)14-5-3-4-6-15(14)19-16(20)11-23-13-9-7-12(22-2)8-10-13/h3-10H,11H2,1-2H3,(H,18,21)(H,19,20). The van der Waals surface area contributed by atoms with Crippen LogP contribution in [0.15, 0.2) is 53.4 Å². The van der Waals surface area contributed by atoms with Gasteiger partial charge in [0, 0.05) is 11.9 Å². The van der Waals surface area contributed by atoms with Crippen LogP contribution in [-0.2, 0) is 4.79 Å². The molecule has 2 aromatic rings. The van der Waals surface area contributed by atoms with Crippen molar-refractivity contribution in [2.75, 3.05) is 25.2 Å². The molecule has 6 heteroatoms. The quantitative estimate of drug-likeness (QED) is 0.799. The number of carbonyl (C=O) groups excluding carboxylic acids is 2. The summed E-state index contributed by atoms with van der Waals surface area (Å²) in [5.41, 5.74) is 0.949. The van der Waals surface area contributed by atoms with Gasteiger partial charge in [-0.25, -0.2) is 0 Å². The third-order valence-electron chi connectivity index (χ3n) is 3.10. The molecule has 0 spiro atoms. The fraction of sp³-hybridized carbons (Fsp3) is 0.176. The second-order valence-corrected chi connectivity index (χ2v) is 5.69. The van der Waals surface area contributed by atoms with Crippen LogP contribution in [0.25, 0.3) is 0 Å². The van der Waals surface area contributed by atoms with E-state index < -0.39 is 0 Å². The fourth-order valence-corrected chi connectivity index (χ4v) is 2.63. The average Bonchev–Trinajstić information content (AvgIpc) is 2.60. The Morgan fingerprint density at radius 2 is 1.78 bits per heavy atom. The van der Waals surface area contributed by atoms with Crippen LogP contribution in [0.2, 0.25) is 0 Å². The number of hydrogen-bond acceptors (Lipinski definition) is 4. The molecule has 0 atom stereocenters. The number of nitrogens with one attached hydrogen (secondary N) is 2. The maximum absolute atomic E-state index is 12.1. The summed E-state index contributed by atoms with van der Waals surface area (Å²) in [6.45, 7) is 0. The van der Waals surface area contributed by atoms with Gasteiger partial charge in [-0.15, -0.1) is 11.8 Å².